The minimum absolute atomic E-state index is 0.384. The van der Waals surface area contributed by atoms with E-state index in [1.54, 1.807) is 0 Å². The van der Waals surface area contributed by atoms with Crippen molar-refractivity contribution < 1.29 is 10.2 Å². The van der Waals surface area contributed by atoms with E-state index in [1.165, 1.54) is 44.8 Å². The van der Waals surface area contributed by atoms with Gasteiger partial charge in [0, 0.05) is 43.2 Å². The average molecular weight is 535 g/mol. The summed E-state index contributed by atoms with van der Waals surface area (Å²) in [6.07, 6.45) is 13.0. The normalized spacial score (nSPS) is 25.8. The number of hydrogen-bond donors (Lipinski definition) is 2. The van der Waals surface area contributed by atoms with Crippen molar-refractivity contribution in [2.24, 2.45) is 0 Å². The average Bonchev–Trinajstić information content (AvgIpc) is 3.61. The van der Waals surface area contributed by atoms with E-state index >= 15 is 0 Å². The molecule has 2 N–H and O–H groups in total. The Morgan fingerprint density at radius 3 is 1.18 bits per heavy atom. The van der Waals surface area contributed by atoms with Gasteiger partial charge < -0.3 is 10.2 Å². The molecular weight excluding hydrogens is 505 g/mol. The fourth-order valence-electron chi connectivity index (χ4n) is 7.37. The summed E-state index contributed by atoms with van der Waals surface area (Å²) < 4.78 is 0. The molecule has 190 valence electrons. The number of aliphatic hydroxyl groups is 2. The van der Waals surface area contributed by atoms with Gasteiger partial charge >= 0.3 is 0 Å². The molecule has 4 aromatic rings. The van der Waals surface area contributed by atoms with E-state index in [4.69, 9.17) is 0 Å². The number of thiophene rings is 2. The summed E-state index contributed by atoms with van der Waals surface area (Å²) in [6.45, 7) is 0. The molecule has 2 heterocycles. The van der Waals surface area contributed by atoms with Crippen LogP contribution in [0.25, 0.3) is 9.75 Å². The third-order valence-electron chi connectivity index (χ3n) is 9.17. The van der Waals surface area contributed by atoms with Crippen LogP contribution in [-0.2, 0) is 0 Å². The van der Waals surface area contributed by atoms with Crippen LogP contribution >= 0.6 is 22.7 Å². The van der Waals surface area contributed by atoms with Gasteiger partial charge in [0.05, 0.1) is 0 Å². The van der Waals surface area contributed by atoms with Gasteiger partial charge in [0.1, 0.15) is 12.2 Å². The monoisotopic (exact) mass is 534 g/mol. The van der Waals surface area contributed by atoms with Crippen LogP contribution in [0.4, 0.5) is 0 Å². The summed E-state index contributed by atoms with van der Waals surface area (Å²) in [5, 5.41) is 23.3. The van der Waals surface area contributed by atoms with E-state index in [9.17, 15) is 10.2 Å². The summed E-state index contributed by atoms with van der Waals surface area (Å²) in [5.41, 5.74) is 7.59. The second-order valence-electron chi connectivity index (χ2n) is 11.2. The maximum Gasteiger partial charge on any atom is 0.114 e. The summed E-state index contributed by atoms with van der Waals surface area (Å²) >= 11 is 3.63. The molecule has 2 aromatic carbocycles. The highest BCUT2D eigenvalue weighted by molar-refractivity contribution is 7.22. The van der Waals surface area contributed by atoms with Crippen LogP contribution in [0.1, 0.15) is 105 Å². The topological polar surface area (TPSA) is 40.5 Å². The smallest absolute Gasteiger partial charge is 0.114 e. The number of rotatable bonds is 5. The van der Waals surface area contributed by atoms with E-state index in [1.807, 2.05) is 83.3 Å². The zero-order valence-corrected chi connectivity index (χ0v) is 22.7. The molecule has 2 aromatic heterocycles. The molecule has 0 aliphatic heterocycles. The van der Waals surface area contributed by atoms with Gasteiger partial charge in [0.25, 0.3) is 0 Å². The summed E-state index contributed by atoms with van der Waals surface area (Å²) in [5.74, 6) is 1.59. The van der Waals surface area contributed by atoms with Gasteiger partial charge in [-0.05, 0) is 59.1 Å². The maximum absolute atomic E-state index is 11.7. The number of hydrogen-bond acceptors (Lipinski definition) is 4. The molecule has 0 saturated heterocycles. The van der Waals surface area contributed by atoms with Crippen LogP contribution in [0.2, 0.25) is 0 Å². The van der Waals surface area contributed by atoms with Crippen LogP contribution in [0.5, 0.6) is 0 Å². The lowest BCUT2D eigenvalue weighted by Gasteiger charge is -2.34. The van der Waals surface area contributed by atoms with Crippen molar-refractivity contribution >= 4 is 22.7 Å². The first-order valence-corrected chi connectivity index (χ1v) is 15.5. The van der Waals surface area contributed by atoms with Gasteiger partial charge in [-0.2, -0.15) is 0 Å². The van der Waals surface area contributed by atoms with Crippen molar-refractivity contribution in [3.8, 4) is 9.75 Å². The standard InChI is InChI=1S/C34H30O2S2/c35-29(23-7-3-1-4-8-23)31-25-19-11-15-21(16-12-19)27(25)33(37-31)34-28-22-17-13-20(14-18-22)26(28)32(38-34)30(36)24-9-5-2-6-10-24/h1-11,13,15,17,19-22,29-30,35-36H,12,14,16,18H2. The van der Waals surface area contributed by atoms with E-state index < -0.39 is 12.2 Å². The van der Waals surface area contributed by atoms with Crippen molar-refractivity contribution in [1.82, 2.24) is 0 Å². The SMILES string of the molecule is OC(c1ccccc1)c1sc(-c2sc(C(O)c3ccccc3)c3c2C2C=CC3CC2)c2c1C1C=CC2CC1. The first-order valence-electron chi connectivity index (χ1n) is 13.8. The molecule has 0 spiro atoms. The fourth-order valence-corrected chi connectivity index (χ4v) is 10.4. The first kappa shape index (κ1) is 23.2. The van der Waals surface area contributed by atoms with E-state index in [2.05, 4.69) is 24.3 Å². The maximum atomic E-state index is 11.7. The van der Waals surface area contributed by atoms with Crippen molar-refractivity contribution in [2.75, 3.05) is 0 Å². The first-order chi connectivity index (χ1) is 18.7. The van der Waals surface area contributed by atoms with Crippen LogP contribution in [0.15, 0.2) is 85.0 Å². The highest BCUT2D eigenvalue weighted by Gasteiger charge is 2.42. The van der Waals surface area contributed by atoms with Crippen LogP contribution in [0, 0.1) is 0 Å². The fraction of sp³-hybridized carbons (Fsp3) is 0.294. The van der Waals surface area contributed by atoms with Gasteiger partial charge in [-0.3, -0.25) is 0 Å². The van der Waals surface area contributed by atoms with Crippen molar-refractivity contribution in [3.63, 3.8) is 0 Å². The summed E-state index contributed by atoms with van der Waals surface area (Å²) in [4.78, 5) is 4.92. The molecule has 38 heavy (non-hydrogen) atoms. The molecule has 2 nitrogen and oxygen atoms in total. The number of benzene rings is 2. The largest absolute Gasteiger partial charge is 0.383 e. The zero-order chi connectivity index (χ0) is 25.4. The lowest BCUT2D eigenvalue weighted by atomic mass is 9.69. The molecule has 6 aliphatic rings. The second kappa shape index (κ2) is 8.89. The Bertz CT molecular complexity index is 1460. The Labute approximate surface area is 231 Å². The Kier molecular flexibility index (Phi) is 5.42. The predicted octanol–water partition coefficient (Wildman–Crippen LogP) is 8.70. The Balaban J connectivity index is 1.35. The van der Waals surface area contributed by atoms with Gasteiger partial charge in [-0.1, -0.05) is 85.0 Å². The van der Waals surface area contributed by atoms with E-state index in [0.29, 0.717) is 23.7 Å². The van der Waals surface area contributed by atoms with Crippen LogP contribution in [-0.4, -0.2) is 10.2 Å². The molecule has 4 heteroatoms. The lowest BCUT2D eigenvalue weighted by molar-refractivity contribution is 0.222. The summed E-state index contributed by atoms with van der Waals surface area (Å²) in [7, 11) is 0. The van der Waals surface area contributed by atoms with Gasteiger partial charge in [-0.15, -0.1) is 22.7 Å². The molecule has 6 aliphatic carbocycles. The number of allylic oxidation sites excluding steroid dienone is 4. The highest BCUT2D eigenvalue weighted by atomic mass is 32.1. The molecule has 0 fully saturated rings. The highest BCUT2D eigenvalue weighted by Crippen LogP contribution is 2.61. The predicted molar refractivity (Wildman–Crippen MR) is 156 cm³/mol. The van der Waals surface area contributed by atoms with Crippen LogP contribution < -0.4 is 0 Å². The summed E-state index contributed by atoms with van der Waals surface area (Å²) in [6, 6.07) is 20.2. The van der Waals surface area contributed by atoms with Gasteiger partial charge in [0.2, 0.25) is 0 Å². The van der Waals surface area contributed by atoms with Crippen molar-refractivity contribution in [2.45, 2.75) is 61.6 Å². The lowest BCUT2D eigenvalue weighted by Crippen LogP contribution is -2.19. The molecule has 0 radical (unpaired) electrons. The molecule has 6 atom stereocenters. The molecule has 0 saturated carbocycles. The number of fused-ring (bicyclic) bond motifs is 2. The van der Waals surface area contributed by atoms with Crippen LogP contribution in [0.3, 0.4) is 0 Å². The second-order valence-corrected chi connectivity index (χ2v) is 13.3. The van der Waals surface area contributed by atoms with Gasteiger partial charge in [0.15, 0.2) is 0 Å². The Hall–Kier alpha value is -2.76. The Morgan fingerprint density at radius 2 is 0.842 bits per heavy atom. The number of aliphatic hydroxyl groups excluding tert-OH is 2. The van der Waals surface area contributed by atoms with Gasteiger partial charge in [-0.25, -0.2) is 0 Å². The quantitative estimate of drug-likeness (QED) is 0.251. The minimum atomic E-state index is -0.613. The van der Waals surface area contributed by atoms with E-state index in [-0.39, 0.29) is 0 Å². The molecule has 10 rings (SSSR count). The van der Waals surface area contributed by atoms with E-state index in [0.717, 1.165) is 33.7 Å². The molecule has 6 unspecified atom stereocenters. The van der Waals surface area contributed by atoms with Crippen molar-refractivity contribution in [3.05, 3.63) is 128 Å². The van der Waals surface area contributed by atoms with Crippen molar-refractivity contribution in [1.29, 1.82) is 0 Å². The molecular formula is C34H30O2S2. The minimum Gasteiger partial charge on any atom is -0.383 e. The third-order valence-corrected chi connectivity index (χ3v) is 11.9. The molecule has 4 bridgehead atoms. The Morgan fingerprint density at radius 1 is 0.500 bits per heavy atom. The third kappa shape index (κ3) is 3.37. The zero-order valence-electron chi connectivity index (χ0n) is 21.1. The molecule has 0 amide bonds.